The van der Waals surface area contributed by atoms with E-state index in [0.717, 1.165) is 20.9 Å². The number of carbonyl (C=O) groups excluding carboxylic acids is 1. The van der Waals surface area contributed by atoms with Crippen LogP contribution in [0.3, 0.4) is 0 Å². The lowest BCUT2D eigenvalue weighted by Gasteiger charge is -2.09. The normalized spacial score (nSPS) is 10.3. The Kier molecular flexibility index (Phi) is 5.38. The molecule has 0 aliphatic rings. The summed E-state index contributed by atoms with van der Waals surface area (Å²) in [5.74, 6) is -0.0481. The van der Waals surface area contributed by atoms with Crippen molar-refractivity contribution in [1.82, 2.24) is 5.32 Å². The van der Waals surface area contributed by atoms with Crippen LogP contribution in [0, 0.1) is 6.92 Å². The van der Waals surface area contributed by atoms with Crippen LogP contribution in [-0.4, -0.2) is 5.91 Å². The minimum absolute atomic E-state index is 0.0481. The molecule has 2 aromatic rings. The van der Waals surface area contributed by atoms with Gasteiger partial charge >= 0.3 is 0 Å². The van der Waals surface area contributed by atoms with Gasteiger partial charge in [0.05, 0.1) is 0 Å². The Labute approximate surface area is 135 Å². The molecule has 0 radical (unpaired) electrons. The highest BCUT2D eigenvalue weighted by atomic mass is 79.9. The van der Waals surface area contributed by atoms with Gasteiger partial charge in [-0.25, -0.2) is 0 Å². The summed E-state index contributed by atoms with van der Waals surface area (Å²) in [6, 6.07) is 13.9. The van der Waals surface area contributed by atoms with E-state index in [1.807, 2.05) is 37.3 Å². The molecule has 104 valence electrons. The Morgan fingerprint density at radius 3 is 2.65 bits per heavy atom. The van der Waals surface area contributed by atoms with Gasteiger partial charge in [0.15, 0.2) is 0 Å². The molecule has 0 heterocycles. The summed E-state index contributed by atoms with van der Waals surface area (Å²) in [5.41, 5.74) is 3.98. The summed E-state index contributed by atoms with van der Waals surface area (Å²) in [6.07, 6.45) is 0. The highest BCUT2D eigenvalue weighted by molar-refractivity contribution is 9.10. The Balaban J connectivity index is 2.06. The Morgan fingerprint density at radius 1 is 1.15 bits per heavy atom. The molecule has 0 fully saturated rings. The fourth-order valence-electron chi connectivity index (χ4n) is 1.94. The topological polar surface area (TPSA) is 29.1 Å². The van der Waals surface area contributed by atoms with E-state index >= 15 is 0 Å². The number of rotatable bonds is 4. The quantitative estimate of drug-likeness (QED) is 0.752. The van der Waals surface area contributed by atoms with Crippen LogP contribution in [0.5, 0.6) is 0 Å². The van der Waals surface area contributed by atoms with Crippen molar-refractivity contribution in [3.8, 4) is 0 Å². The third kappa shape index (κ3) is 3.93. The third-order valence-corrected chi connectivity index (χ3v) is 4.18. The first-order chi connectivity index (χ1) is 9.60. The van der Waals surface area contributed by atoms with E-state index in [1.54, 1.807) is 0 Å². The summed E-state index contributed by atoms with van der Waals surface area (Å²) in [7, 11) is 0. The molecule has 0 bridgehead atoms. The minimum atomic E-state index is -0.0481. The molecule has 0 atom stereocenters. The van der Waals surface area contributed by atoms with Gasteiger partial charge < -0.3 is 5.32 Å². The second-order valence-electron chi connectivity index (χ2n) is 4.60. The number of benzene rings is 2. The number of carbonyl (C=O) groups is 1. The number of aryl methyl sites for hydroxylation is 1. The molecule has 0 aromatic heterocycles. The molecule has 2 rings (SSSR count). The molecular formula is C16H15Br2NO. The van der Waals surface area contributed by atoms with Gasteiger partial charge in [0.2, 0.25) is 0 Å². The molecular weight excluding hydrogens is 382 g/mol. The summed E-state index contributed by atoms with van der Waals surface area (Å²) >= 11 is 6.83. The van der Waals surface area contributed by atoms with E-state index in [1.165, 1.54) is 5.56 Å². The molecule has 0 saturated carbocycles. The lowest BCUT2D eigenvalue weighted by Crippen LogP contribution is -2.23. The standard InChI is InChI=1S/C16H15Br2NO/c1-11-5-6-14(18)8-15(11)16(20)19-10-13-4-2-3-12(7-13)9-17/h2-8H,9-10H2,1H3,(H,19,20). The Hall–Kier alpha value is -1.13. The van der Waals surface area contributed by atoms with Crippen molar-refractivity contribution < 1.29 is 4.79 Å². The van der Waals surface area contributed by atoms with E-state index < -0.39 is 0 Å². The van der Waals surface area contributed by atoms with Crippen molar-refractivity contribution in [2.75, 3.05) is 0 Å². The molecule has 4 heteroatoms. The molecule has 0 aliphatic carbocycles. The van der Waals surface area contributed by atoms with Crippen LogP contribution >= 0.6 is 31.9 Å². The number of hydrogen-bond acceptors (Lipinski definition) is 1. The molecule has 0 saturated heterocycles. The molecule has 1 amide bonds. The van der Waals surface area contributed by atoms with E-state index in [2.05, 4.69) is 49.3 Å². The fraction of sp³-hybridized carbons (Fsp3) is 0.188. The van der Waals surface area contributed by atoms with E-state index in [4.69, 9.17) is 0 Å². The highest BCUT2D eigenvalue weighted by Crippen LogP contribution is 2.16. The number of halogens is 2. The van der Waals surface area contributed by atoms with Gasteiger partial charge in [-0.3, -0.25) is 4.79 Å². The van der Waals surface area contributed by atoms with Crippen LogP contribution < -0.4 is 5.32 Å². The number of alkyl halides is 1. The van der Waals surface area contributed by atoms with Gasteiger partial charge in [0.25, 0.3) is 5.91 Å². The summed E-state index contributed by atoms with van der Waals surface area (Å²) in [4.78, 5) is 12.2. The predicted octanol–water partition coefficient (Wildman–Crippen LogP) is 4.58. The molecule has 0 unspecified atom stereocenters. The van der Waals surface area contributed by atoms with Crippen molar-refractivity contribution in [3.05, 3.63) is 69.2 Å². The largest absolute Gasteiger partial charge is 0.348 e. The number of nitrogens with one attached hydrogen (secondary N) is 1. The lowest BCUT2D eigenvalue weighted by atomic mass is 10.1. The SMILES string of the molecule is Cc1ccc(Br)cc1C(=O)NCc1cccc(CBr)c1. The van der Waals surface area contributed by atoms with Gasteiger partial charge in [-0.15, -0.1) is 0 Å². The lowest BCUT2D eigenvalue weighted by molar-refractivity contribution is 0.0950. The first-order valence-corrected chi connectivity index (χ1v) is 8.19. The van der Waals surface area contributed by atoms with Crippen LogP contribution in [0.4, 0.5) is 0 Å². The van der Waals surface area contributed by atoms with Crippen LogP contribution in [-0.2, 0) is 11.9 Å². The van der Waals surface area contributed by atoms with Crippen LogP contribution in [0.15, 0.2) is 46.9 Å². The average molecular weight is 397 g/mol. The van der Waals surface area contributed by atoms with Crippen molar-refractivity contribution in [2.24, 2.45) is 0 Å². The van der Waals surface area contributed by atoms with Gasteiger partial charge in [-0.2, -0.15) is 0 Å². The zero-order valence-electron chi connectivity index (χ0n) is 11.1. The zero-order chi connectivity index (χ0) is 14.5. The van der Waals surface area contributed by atoms with Gasteiger partial charge in [-0.1, -0.05) is 62.2 Å². The maximum atomic E-state index is 12.2. The summed E-state index contributed by atoms with van der Waals surface area (Å²) in [6.45, 7) is 2.47. The number of amides is 1. The Bertz CT molecular complexity index is 626. The van der Waals surface area contributed by atoms with E-state index in [9.17, 15) is 4.79 Å². The molecule has 0 aliphatic heterocycles. The zero-order valence-corrected chi connectivity index (χ0v) is 14.3. The molecule has 20 heavy (non-hydrogen) atoms. The van der Waals surface area contributed by atoms with Gasteiger partial charge in [0.1, 0.15) is 0 Å². The monoisotopic (exact) mass is 395 g/mol. The molecule has 1 N–H and O–H groups in total. The third-order valence-electron chi connectivity index (χ3n) is 3.04. The maximum Gasteiger partial charge on any atom is 0.251 e. The summed E-state index contributed by atoms with van der Waals surface area (Å²) in [5, 5.41) is 3.78. The van der Waals surface area contributed by atoms with E-state index in [0.29, 0.717) is 12.1 Å². The van der Waals surface area contributed by atoms with Crippen LogP contribution in [0.1, 0.15) is 27.0 Å². The maximum absolute atomic E-state index is 12.2. The summed E-state index contributed by atoms with van der Waals surface area (Å²) < 4.78 is 0.912. The van der Waals surface area contributed by atoms with Gasteiger partial charge in [-0.05, 0) is 35.7 Å². The first-order valence-electron chi connectivity index (χ1n) is 6.28. The van der Waals surface area contributed by atoms with Crippen molar-refractivity contribution >= 4 is 37.8 Å². The molecule has 2 nitrogen and oxygen atoms in total. The van der Waals surface area contributed by atoms with Gasteiger partial charge in [0, 0.05) is 21.9 Å². The van der Waals surface area contributed by atoms with Crippen LogP contribution in [0.2, 0.25) is 0 Å². The van der Waals surface area contributed by atoms with E-state index in [-0.39, 0.29) is 5.91 Å². The van der Waals surface area contributed by atoms with Crippen LogP contribution in [0.25, 0.3) is 0 Å². The Morgan fingerprint density at radius 2 is 1.90 bits per heavy atom. The van der Waals surface area contributed by atoms with Crippen molar-refractivity contribution in [2.45, 2.75) is 18.8 Å². The van der Waals surface area contributed by atoms with Crippen molar-refractivity contribution in [1.29, 1.82) is 0 Å². The first kappa shape index (κ1) is 15.3. The van der Waals surface area contributed by atoms with Crippen molar-refractivity contribution in [3.63, 3.8) is 0 Å². The minimum Gasteiger partial charge on any atom is -0.348 e. The second-order valence-corrected chi connectivity index (χ2v) is 6.07. The molecule has 0 spiro atoms. The fourth-order valence-corrected chi connectivity index (χ4v) is 2.65. The second kappa shape index (κ2) is 7.04. The highest BCUT2D eigenvalue weighted by Gasteiger charge is 2.09. The average Bonchev–Trinajstić information content (AvgIpc) is 2.47. The number of hydrogen-bond donors (Lipinski definition) is 1. The smallest absolute Gasteiger partial charge is 0.251 e. The molecule has 2 aromatic carbocycles. The predicted molar refractivity (Wildman–Crippen MR) is 89.1 cm³/mol.